The van der Waals surface area contributed by atoms with E-state index in [0.717, 1.165) is 53.8 Å². The largest absolute Gasteiger partial charge is 0.497 e. The number of nitrogens with zero attached hydrogens (tertiary/aromatic N) is 3. The fourth-order valence-electron chi connectivity index (χ4n) is 10.6. The summed E-state index contributed by atoms with van der Waals surface area (Å²) in [4.78, 5) is 13.8. The molecule has 0 saturated heterocycles. The number of rotatable bonds is 5. The van der Waals surface area contributed by atoms with E-state index in [1.807, 2.05) is 18.2 Å². The molecular weight excluding hydrogens is 450 g/mol. The number of Topliss-reactive ketones (excluding diaryl/α,β-unsaturated/α-hetero) is 1. The van der Waals surface area contributed by atoms with Gasteiger partial charge in [-0.1, -0.05) is 19.1 Å². The SMILES string of the molecule is CC[C@]12CC[C@]3(O)CC3[C@H]1CC[C@H]1[C@@H]3CC[C@H](C(=O)Cn4nnc5ccc(OC)cc54)[C@@]3(C)CC[C@@H]12. The molecule has 2 aromatic rings. The molecule has 0 bridgehead atoms. The van der Waals surface area contributed by atoms with Gasteiger partial charge < -0.3 is 9.84 Å². The van der Waals surface area contributed by atoms with Gasteiger partial charge in [-0.3, -0.25) is 4.79 Å². The summed E-state index contributed by atoms with van der Waals surface area (Å²) in [5.74, 6) is 4.68. The Kier molecular flexibility index (Phi) is 5.01. The van der Waals surface area contributed by atoms with E-state index in [9.17, 15) is 9.90 Å². The lowest BCUT2D eigenvalue weighted by Gasteiger charge is -2.62. The average molecular weight is 492 g/mol. The molecule has 1 aromatic heterocycles. The van der Waals surface area contributed by atoms with Crippen molar-refractivity contribution in [1.82, 2.24) is 15.0 Å². The molecule has 5 aliphatic carbocycles. The Labute approximate surface area is 214 Å². The number of ether oxygens (including phenoxy) is 1. The summed E-state index contributed by atoms with van der Waals surface area (Å²) in [5.41, 5.74) is 1.88. The first kappa shape index (κ1) is 23.2. The predicted octanol–water partition coefficient (Wildman–Crippen LogP) is 5.42. The summed E-state index contributed by atoms with van der Waals surface area (Å²) in [6.07, 6.45) is 11.8. The lowest BCUT2D eigenvalue weighted by Crippen LogP contribution is -2.55. The minimum atomic E-state index is -0.320. The number of fused-ring (bicyclic) bond motifs is 8. The van der Waals surface area contributed by atoms with Crippen molar-refractivity contribution < 1.29 is 14.6 Å². The lowest BCUT2D eigenvalue weighted by molar-refractivity contribution is -0.147. The van der Waals surface area contributed by atoms with Crippen LogP contribution in [0.1, 0.15) is 78.1 Å². The Morgan fingerprint density at radius 3 is 2.72 bits per heavy atom. The van der Waals surface area contributed by atoms with Crippen LogP contribution in [0, 0.1) is 46.3 Å². The Bertz CT molecular complexity index is 1210. The van der Waals surface area contributed by atoms with Crippen molar-refractivity contribution in [1.29, 1.82) is 0 Å². The normalized spacial score (nSPS) is 44.9. The van der Waals surface area contributed by atoms with Gasteiger partial charge in [0, 0.05) is 12.0 Å². The summed E-state index contributed by atoms with van der Waals surface area (Å²) < 4.78 is 7.17. The van der Waals surface area contributed by atoms with Crippen LogP contribution in [0.15, 0.2) is 18.2 Å². The van der Waals surface area contributed by atoms with Gasteiger partial charge >= 0.3 is 0 Å². The van der Waals surface area contributed by atoms with Gasteiger partial charge in [0.1, 0.15) is 17.8 Å². The Morgan fingerprint density at radius 1 is 1.08 bits per heavy atom. The van der Waals surface area contributed by atoms with E-state index in [0.29, 0.717) is 29.6 Å². The summed E-state index contributed by atoms with van der Waals surface area (Å²) in [6, 6.07) is 5.72. The molecule has 1 heterocycles. The van der Waals surface area contributed by atoms with E-state index < -0.39 is 0 Å². The van der Waals surface area contributed by atoms with E-state index in [4.69, 9.17) is 4.74 Å². The third kappa shape index (κ3) is 3.03. The molecule has 0 amide bonds. The number of aromatic nitrogens is 3. The molecule has 36 heavy (non-hydrogen) atoms. The van der Waals surface area contributed by atoms with Crippen molar-refractivity contribution in [3.63, 3.8) is 0 Å². The maximum absolute atomic E-state index is 13.8. The third-order valence-electron chi connectivity index (χ3n) is 12.4. The highest BCUT2D eigenvalue weighted by molar-refractivity contribution is 5.84. The predicted molar refractivity (Wildman–Crippen MR) is 137 cm³/mol. The first-order valence-electron chi connectivity index (χ1n) is 14.5. The maximum atomic E-state index is 13.8. The number of carbonyl (C=O) groups is 1. The first-order chi connectivity index (χ1) is 17.3. The molecule has 194 valence electrons. The Morgan fingerprint density at radius 2 is 1.92 bits per heavy atom. The fourth-order valence-corrected chi connectivity index (χ4v) is 10.6. The van der Waals surface area contributed by atoms with Crippen molar-refractivity contribution >= 4 is 16.8 Å². The molecule has 5 saturated carbocycles. The molecule has 1 N–H and O–H groups in total. The maximum Gasteiger partial charge on any atom is 0.157 e. The highest BCUT2D eigenvalue weighted by atomic mass is 16.5. The van der Waals surface area contributed by atoms with Gasteiger partial charge in [0.2, 0.25) is 0 Å². The van der Waals surface area contributed by atoms with Crippen LogP contribution >= 0.6 is 0 Å². The van der Waals surface area contributed by atoms with Crippen LogP contribution in [0.5, 0.6) is 5.75 Å². The number of hydrogen-bond donors (Lipinski definition) is 1. The smallest absolute Gasteiger partial charge is 0.157 e. The van der Waals surface area contributed by atoms with Gasteiger partial charge in [-0.2, -0.15) is 0 Å². The van der Waals surface area contributed by atoms with Gasteiger partial charge in [-0.15, -0.1) is 5.10 Å². The molecule has 5 fully saturated rings. The lowest BCUT2D eigenvalue weighted by atomic mass is 9.43. The molecule has 6 nitrogen and oxygen atoms in total. The number of ketones is 1. The van der Waals surface area contributed by atoms with Gasteiger partial charge in [-0.25, -0.2) is 4.68 Å². The zero-order valence-electron chi connectivity index (χ0n) is 22.1. The molecule has 6 heteroatoms. The van der Waals surface area contributed by atoms with E-state index in [1.54, 1.807) is 11.8 Å². The van der Waals surface area contributed by atoms with Crippen molar-refractivity contribution in [2.45, 2.75) is 90.2 Å². The second-order valence-electron chi connectivity index (χ2n) is 13.3. The Hall–Kier alpha value is -1.95. The number of methoxy groups -OCH3 is 1. The van der Waals surface area contributed by atoms with Crippen molar-refractivity contribution in [2.75, 3.05) is 7.11 Å². The molecule has 5 aliphatic rings. The highest BCUT2D eigenvalue weighted by Gasteiger charge is 2.69. The quantitative estimate of drug-likeness (QED) is 0.604. The molecule has 7 rings (SSSR count). The van der Waals surface area contributed by atoms with Gasteiger partial charge in [0.15, 0.2) is 5.78 Å². The number of hydrogen-bond acceptors (Lipinski definition) is 5. The summed E-state index contributed by atoms with van der Waals surface area (Å²) in [6.45, 7) is 5.16. The van der Waals surface area contributed by atoms with E-state index >= 15 is 0 Å². The van der Waals surface area contributed by atoms with Crippen LogP contribution in [0.25, 0.3) is 11.0 Å². The van der Waals surface area contributed by atoms with Crippen LogP contribution in [-0.4, -0.2) is 38.6 Å². The molecule has 1 aromatic carbocycles. The average Bonchev–Trinajstić information content (AvgIpc) is 3.23. The van der Waals surface area contributed by atoms with Gasteiger partial charge in [0.25, 0.3) is 0 Å². The molecule has 1 unspecified atom stereocenters. The van der Waals surface area contributed by atoms with Crippen LogP contribution in [0.3, 0.4) is 0 Å². The van der Waals surface area contributed by atoms with Crippen LogP contribution in [0.2, 0.25) is 0 Å². The molecular formula is C30H41N3O3. The second-order valence-corrected chi connectivity index (χ2v) is 13.3. The molecule has 9 atom stereocenters. The van der Waals surface area contributed by atoms with E-state index in [1.165, 1.54) is 44.9 Å². The minimum absolute atomic E-state index is 0.100. The fraction of sp³-hybridized carbons (Fsp3) is 0.767. The van der Waals surface area contributed by atoms with Crippen LogP contribution in [-0.2, 0) is 11.3 Å². The first-order valence-corrected chi connectivity index (χ1v) is 14.5. The van der Waals surface area contributed by atoms with Crippen LogP contribution < -0.4 is 4.74 Å². The number of benzene rings is 1. The third-order valence-corrected chi connectivity index (χ3v) is 12.4. The van der Waals surface area contributed by atoms with Crippen molar-refractivity contribution in [3.8, 4) is 5.75 Å². The van der Waals surface area contributed by atoms with Crippen LogP contribution in [0.4, 0.5) is 0 Å². The summed E-state index contributed by atoms with van der Waals surface area (Å²) in [5, 5.41) is 19.5. The van der Waals surface area contributed by atoms with Crippen molar-refractivity contribution in [3.05, 3.63) is 18.2 Å². The molecule has 0 aliphatic heterocycles. The zero-order valence-corrected chi connectivity index (χ0v) is 22.1. The summed E-state index contributed by atoms with van der Waals surface area (Å²) >= 11 is 0. The Balaban J connectivity index is 1.13. The molecule has 0 spiro atoms. The monoisotopic (exact) mass is 491 g/mol. The van der Waals surface area contributed by atoms with Gasteiger partial charge in [-0.05, 0) is 117 Å². The van der Waals surface area contributed by atoms with Crippen molar-refractivity contribution in [2.24, 2.45) is 46.3 Å². The topological polar surface area (TPSA) is 77.2 Å². The van der Waals surface area contributed by atoms with Gasteiger partial charge in [0.05, 0.1) is 18.2 Å². The number of aliphatic hydroxyl groups is 1. The highest BCUT2D eigenvalue weighted by Crippen LogP contribution is 2.73. The standard InChI is InChI=1S/C30H41N3O3/c1-4-29-13-14-30(35)16-24(30)22(29)7-6-19-20-8-9-23(28(20,2)12-11-21(19)29)27(34)17-33-26-15-18(36-3)5-10-25(26)31-32-33/h5,10,15,19-24,35H,4,6-9,11-14,16-17H2,1-3H3/t19-,20-,21-,22+,23+,24?,28-,29+,30-/m0/s1. The molecule has 0 radical (unpaired) electrons. The number of carbonyl (C=O) groups excluding carboxylic acids is 1. The second kappa shape index (κ2) is 7.78. The summed E-state index contributed by atoms with van der Waals surface area (Å²) in [7, 11) is 1.66. The zero-order chi connectivity index (χ0) is 24.9. The van der Waals surface area contributed by atoms with E-state index in [2.05, 4.69) is 24.2 Å². The van der Waals surface area contributed by atoms with E-state index in [-0.39, 0.29) is 16.9 Å². The minimum Gasteiger partial charge on any atom is -0.497 e.